The molecule has 0 spiro atoms. The van der Waals surface area contributed by atoms with Crippen molar-refractivity contribution in [1.82, 2.24) is 0 Å². The molecule has 0 aromatic heterocycles. The predicted octanol–water partition coefficient (Wildman–Crippen LogP) is 13.1. The Kier molecular flexibility index (Phi) is 31.1. The van der Waals surface area contributed by atoms with Crippen LogP contribution >= 0.6 is 23.2 Å². The van der Waals surface area contributed by atoms with E-state index >= 15 is 0 Å². The van der Waals surface area contributed by atoms with Gasteiger partial charge in [-0.05, 0) is 6.42 Å². The molecular formula is C31H62Cl2. The Hall–Kier alpha value is 0.580. The molecule has 0 unspecified atom stereocenters. The molecule has 33 heavy (non-hydrogen) atoms. The SMILES string of the molecule is CCCCCCCCCCCCCCCCCCCCCCCCCCCCCCC(Cl)Cl. The summed E-state index contributed by atoms with van der Waals surface area (Å²) >= 11 is 11.5. The minimum atomic E-state index is -0.158. The smallest absolute Gasteiger partial charge is 0.105 e. The molecular weight excluding hydrogens is 443 g/mol. The molecule has 0 aromatic rings. The highest BCUT2D eigenvalue weighted by Crippen LogP contribution is 2.17. The third kappa shape index (κ3) is 32.6. The maximum Gasteiger partial charge on any atom is 0.107 e. The molecule has 0 radical (unpaired) electrons. The van der Waals surface area contributed by atoms with Crippen molar-refractivity contribution in [1.29, 1.82) is 0 Å². The largest absolute Gasteiger partial charge is 0.107 e. The molecule has 0 amide bonds. The van der Waals surface area contributed by atoms with Crippen molar-refractivity contribution in [3.8, 4) is 0 Å². The van der Waals surface area contributed by atoms with Gasteiger partial charge in [-0.25, -0.2) is 0 Å². The second-order valence-electron chi connectivity index (χ2n) is 10.7. The van der Waals surface area contributed by atoms with Gasteiger partial charge in [-0.2, -0.15) is 0 Å². The number of hydrogen-bond donors (Lipinski definition) is 0. The Labute approximate surface area is 220 Å². The van der Waals surface area contributed by atoms with Crippen molar-refractivity contribution in [2.75, 3.05) is 0 Å². The standard InChI is InChI=1S/C31H62Cl2/c1-2-3-4-5-6-7-8-9-10-11-12-13-14-15-16-17-18-19-20-21-22-23-24-25-26-27-28-29-30-31(32)33/h31H,2-30H2,1H3. The van der Waals surface area contributed by atoms with Crippen molar-refractivity contribution in [3.05, 3.63) is 0 Å². The third-order valence-corrected chi connectivity index (χ3v) is 7.71. The summed E-state index contributed by atoms with van der Waals surface area (Å²) in [6, 6.07) is 0. The van der Waals surface area contributed by atoms with Crippen LogP contribution in [0.4, 0.5) is 0 Å². The van der Waals surface area contributed by atoms with Crippen LogP contribution in [0.25, 0.3) is 0 Å². The van der Waals surface area contributed by atoms with E-state index in [1.54, 1.807) is 0 Å². The second kappa shape index (κ2) is 30.6. The van der Waals surface area contributed by atoms with Crippen LogP contribution in [-0.4, -0.2) is 4.84 Å². The third-order valence-electron chi connectivity index (χ3n) is 7.28. The quantitative estimate of drug-likeness (QED) is 0.0700. The maximum atomic E-state index is 5.76. The zero-order chi connectivity index (χ0) is 24.1. The lowest BCUT2D eigenvalue weighted by Gasteiger charge is -2.04. The monoisotopic (exact) mass is 504 g/mol. The molecule has 0 aliphatic heterocycles. The van der Waals surface area contributed by atoms with Gasteiger partial charge in [0.05, 0.1) is 0 Å². The molecule has 0 nitrogen and oxygen atoms in total. The molecule has 0 saturated heterocycles. The van der Waals surface area contributed by atoms with Crippen LogP contribution in [0.1, 0.15) is 193 Å². The predicted molar refractivity (Wildman–Crippen MR) is 155 cm³/mol. The minimum Gasteiger partial charge on any atom is -0.105 e. The van der Waals surface area contributed by atoms with Crippen molar-refractivity contribution in [2.45, 2.75) is 198 Å². The summed E-state index contributed by atoms with van der Waals surface area (Å²) in [7, 11) is 0. The summed E-state index contributed by atoms with van der Waals surface area (Å²) in [6.07, 6.45) is 41.4. The summed E-state index contributed by atoms with van der Waals surface area (Å²) in [4.78, 5) is -0.158. The normalized spacial score (nSPS) is 11.6. The molecule has 2 heteroatoms. The van der Waals surface area contributed by atoms with Crippen molar-refractivity contribution < 1.29 is 0 Å². The molecule has 0 heterocycles. The minimum absolute atomic E-state index is 0.158. The van der Waals surface area contributed by atoms with E-state index in [4.69, 9.17) is 23.2 Å². The van der Waals surface area contributed by atoms with Crippen LogP contribution < -0.4 is 0 Å². The summed E-state index contributed by atoms with van der Waals surface area (Å²) in [5, 5.41) is 0. The topological polar surface area (TPSA) is 0 Å². The average molecular weight is 506 g/mol. The van der Waals surface area contributed by atoms with E-state index in [1.807, 2.05) is 0 Å². The first kappa shape index (κ1) is 33.6. The van der Waals surface area contributed by atoms with Crippen LogP contribution in [0.15, 0.2) is 0 Å². The van der Waals surface area contributed by atoms with E-state index in [9.17, 15) is 0 Å². The van der Waals surface area contributed by atoms with Crippen molar-refractivity contribution >= 4 is 23.2 Å². The molecule has 0 aromatic carbocycles. The Morgan fingerprint density at radius 1 is 0.303 bits per heavy atom. The van der Waals surface area contributed by atoms with Gasteiger partial charge >= 0.3 is 0 Å². The second-order valence-corrected chi connectivity index (χ2v) is 12.0. The molecule has 0 aliphatic rings. The first-order valence-electron chi connectivity index (χ1n) is 15.6. The molecule has 0 atom stereocenters. The molecule has 0 rings (SSSR count). The van der Waals surface area contributed by atoms with E-state index in [0.29, 0.717) is 0 Å². The molecule has 0 N–H and O–H groups in total. The number of rotatable bonds is 29. The fraction of sp³-hybridized carbons (Fsp3) is 1.00. The van der Waals surface area contributed by atoms with E-state index in [-0.39, 0.29) is 4.84 Å². The zero-order valence-electron chi connectivity index (χ0n) is 22.8. The Morgan fingerprint density at radius 3 is 0.667 bits per heavy atom. The Balaban J connectivity index is 3.00. The van der Waals surface area contributed by atoms with Crippen LogP contribution in [0.2, 0.25) is 0 Å². The highest BCUT2D eigenvalue weighted by Gasteiger charge is 1.99. The summed E-state index contributed by atoms with van der Waals surface area (Å²) in [5.41, 5.74) is 0. The summed E-state index contributed by atoms with van der Waals surface area (Å²) < 4.78 is 0. The fourth-order valence-electron chi connectivity index (χ4n) is 4.97. The van der Waals surface area contributed by atoms with Gasteiger partial charge in [0.2, 0.25) is 0 Å². The van der Waals surface area contributed by atoms with Gasteiger partial charge < -0.3 is 0 Å². The van der Waals surface area contributed by atoms with Gasteiger partial charge in [0.25, 0.3) is 0 Å². The number of hydrogen-bond acceptors (Lipinski definition) is 0. The van der Waals surface area contributed by atoms with Crippen molar-refractivity contribution in [2.24, 2.45) is 0 Å². The number of halogens is 2. The van der Waals surface area contributed by atoms with Crippen molar-refractivity contribution in [3.63, 3.8) is 0 Å². The first-order valence-corrected chi connectivity index (χ1v) is 16.4. The highest BCUT2D eigenvalue weighted by molar-refractivity contribution is 6.44. The van der Waals surface area contributed by atoms with Gasteiger partial charge in [0.1, 0.15) is 4.84 Å². The van der Waals surface area contributed by atoms with E-state index in [1.165, 1.54) is 180 Å². The lowest BCUT2D eigenvalue weighted by molar-refractivity contribution is 0.514. The highest BCUT2D eigenvalue weighted by atomic mass is 35.5. The average Bonchev–Trinajstić information content (AvgIpc) is 2.80. The maximum absolute atomic E-state index is 5.76. The number of alkyl halides is 2. The first-order chi connectivity index (χ1) is 16.3. The van der Waals surface area contributed by atoms with E-state index in [0.717, 1.165) is 6.42 Å². The molecule has 0 saturated carbocycles. The lowest BCUT2D eigenvalue weighted by Crippen LogP contribution is -1.87. The van der Waals surface area contributed by atoms with Crippen LogP contribution in [0, 0.1) is 0 Å². The molecule has 0 fully saturated rings. The molecule has 0 aliphatic carbocycles. The Bertz CT molecular complexity index is 329. The van der Waals surface area contributed by atoms with Gasteiger partial charge in [-0.3, -0.25) is 0 Å². The lowest BCUT2D eigenvalue weighted by atomic mass is 10.0. The van der Waals surface area contributed by atoms with Gasteiger partial charge in [-0.15, -0.1) is 23.2 Å². The van der Waals surface area contributed by atoms with Crippen LogP contribution in [0.3, 0.4) is 0 Å². The Morgan fingerprint density at radius 2 is 0.485 bits per heavy atom. The van der Waals surface area contributed by atoms with Crippen LogP contribution in [0.5, 0.6) is 0 Å². The van der Waals surface area contributed by atoms with Gasteiger partial charge in [0, 0.05) is 0 Å². The van der Waals surface area contributed by atoms with Gasteiger partial charge in [-0.1, -0.05) is 187 Å². The summed E-state index contributed by atoms with van der Waals surface area (Å²) in [5.74, 6) is 0. The zero-order valence-corrected chi connectivity index (χ0v) is 24.4. The van der Waals surface area contributed by atoms with Crippen LogP contribution in [-0.2, 0) is 0 Å². The van der Waals surface area contributed by atoms with E-state index < -0.39 is 0 Å². The molecule has 200 valence electrons. The van der Waals surface area contributed by atoms with E-state index in [2.05, 4.69) is 6.92 Å². The number of unbranched alkanes of at least 4 members (excludes halogenated alkanes) is 27. The summed E-state index contributed by atoms with van der Waals surface area (Å²) in [6.45, 7) is 2.30. The van der Waals surface area contributed by atoms with Gasteiger partial charge in [0.15, 0.2) is 0 Å². The fourth-order valence-corrected chi connectivity index (χ4v) is 5.28. The molecule has 0 bridgehead atoms.